The third kappa shape index (κ3) is 1.82. The molecule has 1 unspecified atom stereocenters. The van der Waals surface area contributed by atoms with Gasteiger partial charge in [-0.15, -0.1) is 0 Å². The average molecular weight is 306 g/mol. The summed E-state index contributed by atoms with van der Waals surface area (Å²) in [5.41, 5.74) is 2.41. The minimum Gasteiger partial charge on any atom is -0.379 e. The predicted molar refractivity (Wildman–Crippen MR) is 63.5 cm³/mol. The van der Waals surface area contributed by atoms with Crippen molar-refractivity contribution in [3.05, 3.63) is 15.0 Å². The molecule has 0 amide bonds. The van der Waals surface area contributed by atoms with Crippen LogP contribution in [0, 0.1) is 17.4 Å². The van der Waals surface area contributed by atoms with Gasteiger partial charge in [0.2, 0.25) is 0 Å². The first-order valence-corrected chi connectivity index (χ1v) is 6.07. The molecule has 3 nitrogen and oxygen atoms in total. The number of hydrogen-bond acceptors (Lipinski definition) is 2. The van der Waals surface area contributed by atoms with Crippen LogP contribution in [0.1, 0.15) is 30.3 Å². The number of aromatic nitrogens is 2. The molecule has 0 bridgehead atoms. The Bertz CT molecular complexity index is 329. The summed E-state index contributed by atoms with van der Waals surface area (Å²) in [5.74, 6) is 0. The van der Waals surface area contributed by atoms with E-state index >= 15 is 0 Å². The molecule has 2 rings (SSSR count). The van der Waals surface area contributed by atoms with Crippen LogP contribution in [0.15, 0.2) is 0 Å². The second-order valence-corrected chi connectivity index (χ2v) is 4.88. The summed E-state index contributed by atoms with van der Waals surface area (Å²) < 4.78 is 8.90. The maximum absolute atomic E-state index is 5.48. The zero-order chi connectivity index (χ0) is 10.1. The van der Waals surface area contributed by atoms with Crippen molar-refractivity contribution in [2.75, 3.05) is 13.2 Å². The maximum Gasteiger partial charge on any atom is 0.0757 e. The summed E-state index contributed by atoms with van der Waals surface area (Å²) in [6.07, 6.45) is 2.34. The Morgan fingerprint density at radius 3 is 2.79 bits per heavy atom. The summed E-state index contributed by atoms with van der Waals surface area (Å²) in [6.45, 7) is 5.93. The molecule has 1 fully saturated rings. The zero-order valence-electron chi connectivity index (χ0n) is 8.59. The van der Waals surface area contributed by atoms with Gasteiger partial charge in [0, 0.05) is 12.3 Å². The van der Waals surface area contributed by atoms with Crippen LogP contribution in [-0.2, 0) is 4.74 Å². The molecule has 0 radical (unpaired) electrons. The predicted octanol–water partition coefficient (Wildman–Crippen LogP) is 2.46. The first-order valence-electron chi connectivity index (χ1n) is 4.99. The van der Waals surface area contributed by atoms with Crippen LogP contribution in [-0.4, -0.2) is 23.0 Å². The van der Waals surface area contributed by atoms with E-state index in [0.29, 0.717) is 6.04 Å². The van der Waals surface area contributed by atoms with E-state index in [0.717, 1.165) is 25.3 Å². The number of aryl methyl sites for hydroxylation is 1. The van der Waals surface area contributed by atoms with Crippen LogP contribution in [0.4, 0.5) is 0 Å². The Hall–Kier alpha value is -0.100. The van der Waals surface area contributed by atoms with E-state index in [1.54, 1.807) is 0 Å². The lowest BCUT2D eigenvalue weighted by Crippen LogP contribution is -2.23. The van der Waals surface area contributed by atoms with Crippen LogP contribution < -0.4 is 0 Å². The summed E-state index contributed by atoms with van der Waals surface area (Å²) >= 11 is 2.36. The molecule has 0 spiro atoms. The Kier molecular flexibility index (Phi) is 3.11. The Labute approximate surface area is 98.0 Å². The quantitative estimate of drug-likeness (QED) is 0.745. The van der Waals surface area contributed by atoms with E-state index in [-0.39, 0.29) is 0 Å². The second kappa shape index (κ2) is 4.18. The fraction of sp³-hybridized carbons (Fsp3) is 0.700. The van der Waals surface area contributed by atoms with Crippen LogP contribution in [0.2, 0.25) is 0 Å². The van der Waals surface area contributed by atoms with Crippen molar-refractivity contribution >= 4 is 22.6 Å². The van der Waals surface area contributed by atoms with Crippen molar-refractivity contribution in [2.24, 2.45) is 0 Å². The van der Waals surface area contributed by atoms with Gasteiger partial charge in [-0.1, -0.05) is 0 Å². The van der Waals surface area contributed by atoms with E-state index < -0.39 is 0 Å². The molecule has 0 aromatic carbocycles. The van der Waals surface area contributed by atoms with Crippen LogP contribution in [0.3, 0.4) is 0 Å². The number of halogens is 1. The fourth-order valence-corrected chi connectivity index (χ4v) is 2.27. The Morgan fingerprint density at radius 1 is 1.50 bits per heavy atom. The van der Waals surface area contributed by atoms with Crippen molar-refractivity contribution in [1.82, 2.24) is 9.78 Å². The lowest BCUT2D eigenvalue weighted by Gasteiger charge is -2.23. The van der Waals surface area contributed by atoms with Gasteiger partial charge in [-0.2, -0.15) is 5.10 Å². The van der Waals surface area contributed by atoms with Crippen LogP contribution in [0.5, 0.6) is 0 Å². The summed E-state index contributed by atoms with van der Waals surface area (Å²) in [6, 6.07) is 0.450. The maximum atomic E-state index is 5.48. The highest BCUT2D eigenvalue weighted by Crippen LogP contribution is 2.24. The monoisotopic (exact) mass is 306 g/mol. The second-order valence-electron chi connectivity index (χ2n) is 3.80. The standard InChI is InChI=1S/C10H15IN2O/c1-7-10(11)8(2)13(12-7)9-4-3-5-14-6-9/h9H,3-6H2,1-2H3. The zero-order valence-corrected chi connectivity index (χ0v) is 10.7. The molecule has 0 N–H and O–H groups in total. The topological polar surface area (TPSA) is 27.1 Å². The molecule has 1 aliphatic rings. The molecule has 78 valence electrons. The van der Waals surface area contributed by atoms with Crippen molar-refractivity contribution in [3.8, 4) is 0 Å². The van der Waals surface area contributed by atoms with Gasteiger partial charge in [0.15, 0.2) is 0 Å². The summed E-state index contributed by atoms with van der Waals surface area (Å²) in [4.78, 5) is 0. The van der Waals surface area contributed by atoms with Gasteiger partial charge in [-0.25, -0.2) is 0 Å². The molecule has 2 heterocycles. The third-order valence-corrected chi connectivity index (χ3v) is 4.28. The van der Waals surface area contributed by atoms with Gasteiger partial charge in [-0.3, -0.25) is 4.68 Å². The molecule has 1 aromatic heterocycles. The molecule has 0 saturated carbocycles. The van der Waals surface area contributed by atoms with Gasteiger partial charge >= 0.3 is 0 Å². The van der Waals surface area contributed by atoms with Crippen LogP contribution >= 0.6 is 22.6 Å². The fourth-order valence-electron chi connectivity index (χ4n) is 1.91. The molecule has 4 heteroatoms. The molecular weight excluding hydrogens is 291 g/mol. The first kappa shape index (κ1) is 10.4. The molecular formula is C10H15IN2O. The molecule has 1 atom stereocenters. The first-order chi connectivity index (χ1) is 6.70. The number of hydrogen-bond donors (Lipinski definition) is 0. The number of rotatable bonds is 1. The molecule has 1 saturated heterocycles. The van der Waals surface area contributed by atoms with Gasteiger partial charge in [0.25, 0.3) is 0 Å². The summed E-state index contributed by atoms with van der Waals surface area (Å²) in [5, 5.41) is 4.56. The lowest BCUT2D eigenvalue weighted by molar-refractivity contribution is 0.0541. The minimum absolute atomic E-state index is 0.450. The third-order valence-electron chi connectivity index (χ3n) is 2.72. The molecule has 1 aliphatic heterocycles. The van der Waals surface area contributed by atoms with E-state index in [9.17, 15) is 0 Å². The molecule has 1 aromatic rings. The van der Waals surface area contributed by atoms with Gasteiger partial charge in [0.1, 0.15) is 0 Å². The SMILES string of the molecule is Cc1nn(C2CCCOC2)c(C)c1I. The largest absolute Gasteiger partial charge is 0.379 e. The minimum atomic E-state index is 0.450. The van der Waals surface area contributed by atoms with Crippen molar-refractivity contribution in [3.63, 3.8) is 0 Å². The lowest BCUT2D eigenvalue weighted by atomic mass is 10.1. The van der Waals surface area contributed by atoms with Gasteiger partial charge in [0.05, 0.1) is 21.9 Å². The van der Waals surface area contributed by atoms with E-state index in [1.165, 1.54) is 15.7 Å². The van der Waals surface area contributed by atoms with Crippen molar-refractivity contribution in [2.45, 2.75) is 32.7 Å². The highest BCUT2D eigenvalue weighted by Gasteiger charge is 2.20. The van der Waals surface area contributed by atoms with Gasteiger partial charge < -0.3 is 4.74 Å². The molecule has 14 heavy (non-hydrogen) atoms. The summed E-state index contributed by atoms with van der Waals surface area (Å²) in [7, 11) is 0. The van der Waals surface area contributed by atoms with Gasteiger partial charge in [-0.05, 0) is 49.3 Å². The van der Waals surface area contributed by atoms with E-state index in [4.69, 9.17) is 4.74 Å². The van der Waals surface area contributed by atoms with Crippen molar-refractivity contribution < 1.29 is 4.74 Å². The molecule has 0 aliphatic carbocycles. The highest BCUT2D eigenvalue weighted by atomic mass is 127. The van der Waals surface area contributed by atoms with E-state index in [1.807, 2.05) is 0 Å². The number of nitrogens with zero attached hydrogens (tertiary/aromatic N) is 2. The van der Waals surface area contributed by atoms with E-state index in [2.05, 4.69) is 46.2 Å². The average Bonchev–Trinajstić information content (AvgIpc) is 2.47. The Morgan fingerprint density at radius 2 is 2.29 bits per heavy atom. The van der Waals surface area contributed by atoms with Crippen molar-refractivity contribution in [1.29, 1.82) is 0 Å². The van der Waals surface area contributed by atoms with Crippen LogP contribution in [0.25, 0.3) is 0 Å². The number of ether oxygens (including phenoxy) is 1. The smallest absolute Gasteiger partial charge is 0.0757 e. The highest BCUT2D eigenvalue weighted by molar-refractivity contribution is 14.1. The normalized spacial score (nSPS) is 22.6. The Balaban J connectivity index is 2.26.